The molecule has 0 amide bonds. The Morgan fingerprint density at radius 1 is 0.718 bits per heavy atom. The van der Waals surface area contributed by atoms with E-state index < -0.39 is 0 Å². The smallest absolute Gasteiger partial charge is 0.160 e. The molecule has 2 heterocycles. The van der Waals surface area contributed by atoms with Gasteiger partial charge in [-0.05, 0) is 95.1 Å². The van der Waals surface area contributed by atoms with Gasteiger partial charge in [-0.15, -0.1) is 27.9 Å². The number of aromatic nitrogens is 2. The van der Waals surface area contributed by atoms with Crippen LogP contribution >= 0.6 is 70.5 Å². The predicted octanol–water partition coefficient (Wildman–Crippen LogP) is 10.1. The maximum atomic E-state index is 8.49. The van der Waals surface area contributed by atoms with Crippen LogP contribution in [-0.2, 0) is 0 Å². The molecule has 0 atom stereocenters. The van der Waals surface area contributed by atoms with Gasteiger partial charge in [0.25, 0.3) is 0 Å². The molecule has 0 saturated carbocycles. The number of benzene rings is 4. The van der Waals surface area contributed by atoms with Gasteiger partial charge in [-0.3, -0.25) is 10.4 Å². The van der Waals surface area contributed by atoms with E-state index in [1.807, 2.05) is 36.4 Å². The van der Waals surface area contributed by atoms with Crippen LogP contribution in [0.5, 0.6) is 5.75 Å². The highest BCUT2D eigenvalue weighted by Crippen LogP contribution is 2.32. The molecule has 6 aromatic rings. The first-order valence-corrected chi connectivity index (χ1v) is 15.4. The lowest BCUT2D eigenvalue weighted by atomic mass is 10.2. The first kappa shape index (κ1) is 29.6. The van der Waals surface area contributed by atoms with Crippen molar-refractivity contribution in [2.75, 3.05) is 12.3 Å². The van der Waals surface area contributed by atoms with E-state index in [4.69, 9.17) is 15.2 Å². The molecule has 6 nitrogen and oxygen atoms in total. The Labute approximate surface area is 258 Å². The van der Waals surface area contributed by atoms with Crippen molar-refractivity contribution >= 4 is 96.6 Å². The van der Waals surface area contributed by atoms with Crippen LogP contribution < -0.4 is 9.96 Å². The zero-order valence-electron chi connectivity index (χ0n) is 20.7. The molecule has 200 valence electrons. The SMILES string of the molecule is COc1ccc2nc(-c3ccc(Br)cc3)sc2c1.Cc1ccc2nc(Br)sc2c1.ON(O)c1ccc(Br)cc1. The Hall–Kier alpha value is -2.38. The number of hydrogen-bond acceptors (Lipinski definition) is 8. The molecule has 0 aliphatic heterocycles. The van der Waals surface area contributed by atoms with E-state index in [2.05, 4.69) is 88.9 Å². The van der Waals surface area contributed by atoms with Crippen molar-refractivity contribution in [2.24, 2.45) is 0 Å². The van der Waals surface area contributed by atoms with Crippen LogP contribution in [0.15, 0.2) is 97.8 Å². The lowest BCUT2D eigenvalue weighted by molar-refractivity contribution is 0.0291. The maximum Gasteiger partial charge on any atom is 0.160 e. The molecule has 11 heteroatoms. The van der Waals surface area contributed by atoms with Gasteiger partial charge >= 0.3 is 0 Å². The molecule has 0 saturated heterocycles. The van der Waals surface area contributed by atoms with E-state index in [-0.39, 0.29) is 5.23 Å². The summed E-state index contributed by atoms with van der Waals surface area (Å²) in [6.45, 7) is 2.09. The molecule has 39 heavy (non-hydrogen) atoms. The third-order valence-corrected chi connectivity index (χ3v) is 8.86. The molecule has 2 aromatic heterocycles. The number of anilines is 1. The van der Waals surface area contributed by atoms with Gasteiger partial charge in [0, 0.05) is 14.5 Å². The second-order valence-corrected chi connectivity index (χ2v) is 13.2. The van der Waals surface area contributed by atoms with E-state index in [9.17, 15) is 0 Å². The highest BCUT2D eigenvalue weighted by molar-refractivity contribution is 9.11. The van der Waals surface area contributed by atoms with Crippen LogP contribution in [0.1, 0.15) is 5.56 Å². The number of hydrogen-bond donors (Lipinski definition) is 2. The van der Waals surface area contributed by atoms with Gasteiger partial charge in [0.15, 0.2) is 3.92 Å². The Kier molecular flexibility index (Phi) is 10.5. The molecular weight excluding hydrogens is 730 g/mol. The number of aryl methyl sites for hydroxylation is 1. The summed E-state index contributed by atoms with van der Waals surface area (Å²) in [5.74, 6) is 0.869. The van der Waals surface area contributed by atoms with Gasteiger partial charge in [0.2, 0.25) is 0 Å². The average molecular weight is 752 g/mol. The van der Waals surface area contributed by atoms with Gasteiger partial charge in [-0.1, -0.05) is 50.1 Å². The number of ether oxygens (including phenoxy) is 1. The quantitative estimate of drug-likeness (QED) is 0.175. The lowest BCUT2D eigenvalue weighted by Crippen LogP contribution is -2.10. The number of methoxy groups -OCH3 is 1. The number of thiazole rings is 2. The zero-order chi connectivity index (χ0) is 27.9. The summed E-state index contributed by atoms with van der Waals surface area (Å²) in [5, 5.41) is 18.1. The molecule has 0 radical (unpaired) electrons. The standard InChI is InChI=1S/C14H10BrNOS.C8H6BrNS.C6H6BrNO2/c1-17-11-6-7-12-13(8-11)18-14(16-12)9-2-4-10(15)5-3-9;1-5-2-3-6-7(4-5)11-8(9)10-6;7-5-1-3-6(4-2-5)8(9)10/h2-8H,1H3;2-4H,1H3;1-4,9-10H. The fraction of sp³-hybridized carbons (Fsp3) is 0.0714. The van der Waals surface area contributed by atoms with Crippen molar-refractivity contribution in [3.8, 4) is 16.3 Å². The highest BCUT2D eigenvalue weighted by atomic mass is 79.9. The molecule has 0 spiro atoms. The van der Waals surface area contributed by atoms with Gasteiger partial charge in [0.1, 0.15) is 10.8 Å². The Bertz CT molecular complexity index is 1670. The topological polar surface area (TPSA) is 78.7 Å². The first-order chi connectivity index (χ1) is 18.7. The summed E-state index contributed by atoms with van der Waals surface area (Å²) < 4.78 is 10.6. The van der Waals surface area contributed by atoms with E-state index >= 15 is 0 Å². The van der Waals surface area contributed by atoms with Crippen molar-refractivity contribution < 1.29 is 15.2 Å². The minimum absolute atomic E-state index is 0.0758. The van der Waals surface area contributed by atoms with Gasteiger partial charge < -0.3 is 4.74 Å². The first-order valence-electron chi connectivity index (χ1n) is 11.4. The number of halogens is 3. The van der Waals surface area contributed by atoms with E-state index in [1.54, 1.807) is 54.0 Å². The summed E-state index contributed by atoms with van der Waals surface area (Å²) in [5.41, 5.74) is 4.85. The van der Waals surface area contributed by atoms with E-state index in [1.165, 1.54) is 10.3 Å². The molecule has 0 aliphatic carbocycles. The molecule has 6 rings (SSSR count). The number of rotatable bonds is 3. The van der Waals surface area contributed by atoms with Gasteiger partial charge in [-0.25, -0.2) is 9.97 Å². The van der Waals surface area contributed by atoms with Crippen molar-refractivity contribution in [3.63, 3.8) is 0 Å². The van der Waals surface area contributed by atoms with Gasteiger partial charge in [-0.2, -0.15) is 0 Å². The second-order valence-electron chi connectivity index (χ2n) is 8.06. The highest BCUT2D eigenvalue weighted by Gasteiger charge is 2.07. The summed E-state index contributed by atoms with van der Waals surface area (Å²) in [6, 6.07) is 27.0. The van der Waals surface area contributed by atoms with Crippen molar-refractivity contribution in [1.29, 1.82) is 0 Å². The summed E-state index contributed by atoms with van der Waals surface area (Å²) in [6.07, 6.45) is 0. The van der Waals surface area contributed by atoms with Crippen molar-refractivity contribution in [1.82, 2.24) is 9.97 Å². The largest absolute Gasteiger partial charge is 0.497 e. The fourth-order valence-electron chi connectivity index (χ4n) is 3.33. The molecule has 0 aliphatic rings. The van der Waals surface area contributed by atoms with Crippen molar-refractivity contribution in [3.05, 3.63) is 103 Å². The molecular formula is C28H22Br3N3O3S2. The second kappa shape index (κ2) is 13.8. The summed E-state index contributed by atoms with van der Waals surface area (Å²) in [7, 11) is 1.68. The van der Waals surface area contributed by atoms with Crippen LogP contribution in [0.4, 0.5) is 5.69 Å². The van der Waals surface area contributed by atoms with Gasteiger partial charge in [0.05, 0.1) is 33.2 Å². The van der Waals surface area contributed by atoms with Crippen LogP contribution in [0.25, 0.3) is 31.0 Å². The molecule has 0 fully saturated rings. The Morgan fingerprint density at radius 2 is 1.31 bits per heavy atom. The minimum atomic E-state index is 0.0758. The monoisotopic (exact) mass is 749 g/mol. The minimum Gasteiger partial charge on any atom is -0.497 e. The van der Waals surface area contributed by atoms with E-state index in [0.29, 0.717) is 5.69 Å². The third-order valence-electron chi connectivity index (χ3n) is 5.26. The van der Waals surface area contributed by atoms with Crippen LogP contribution in [0.2, 0.25) is 0 Å². The Morgan fingerprint density at radius 3 is 1.95 bits per heavy atom. The van der Waals surface area contributed by atoms with E-state index in [0.717, 1.165) is 44.9 Å². The van der Waals surface area contributed by atoms with Crippen LogP contribution in [0, 0.1) is 6.92 Å². The predicted molar refractivity (Wildman–Crippen MR) is 172 cm³/mol. The van der Waals surface area contributed by atoms with Crippen molar-refractivity contribution in [2.45, 2.75) is 6.92 Å². The van der Waals surface area contributed by atoms with Crippen LogP contribution in [-0.4, -0.2) is 27.5 Å². The average Bonchev–Trinajstić information content (AvgIpc) is 3.51. The number of nitrogens with zero attached hydrogens (tertiary/aromatic N) is 3. The Balaban J connectivity index is 0.000000145. The molecule has 0 unspecified atom stereocenters. The maximum absolute atomic E-state index is 8.49. The number of fused-ring (bicyclic) bond motifs is 2. The van der Waals surface area contributed by atoms with Crippen LogP contribution in [0.3, 0.4) is 0 Å². The summed E-state index contributed by atoms with van der Waals surface area (Å²) in [4.78, 5) is 8.93. The molecule has 2 N–H and O–H groups in total. The molecule has 4 aromatic carbocycles. The summed E-state index contributed by atoms with van der Waals surface area (Å²) >= 11 is 13.4. The molecule has 0 bridgehead atoms. The normalized spacial score (nSPS) is 10.4. The lowest BCUT2D eigenvalue weighted by Gasteiger charge is -2.06. The zero-order valence-corrected chi connectivity index (χ0v) is 27.1. The fourth-order valence-corrected chi connectivity index (χ4v) is 6.36. The third kappa shape index (κ3) is 8.31.